The Hall–Kier alpha value is -1.85. The van der Waals surface area contributed by atoms with Crippen LogP contribution in [0.25, 0.3) is 11.1 Å². The lowest BCUT2D eigenvalue weighted by Gasteiger charge is -2.14. The van der Waals surface area contributed by atoms with Crippen molar-refractivity contribution in [2.45, 2.75) is 19.8 Å². The summed E-state index contributed by atoms with van der Waals surface area (Å²) in [6.07, 6.45) is 2.28. The van der Waals surface area contributed by atoms with E-state index in [1.54, 1.807) is 19.1 Å². The number of aryl methyl sites for hydroxylation is 1. The Balaban J connectivity index is 1.82. The number of nitrogens with zero attached hydrogens (tertiary/aromatic N) is 1. The maximum atomic E-state index is 14.4. The number of benzene rings is 2. The van der Waals surface area contributed by atoms with Crippen molar-refractivity contribution in [2.75, 3.05) is 13.1 Å². The summed E-state index contributed by atoms with van der Waals surface area (Å²) < 4.78 is 19.2. The fourth-order valence-electron chi connectivity index (χ4n) is 2.67. The molecule has 0 bridgehead atoms. The monoisotopic (exact) mass is 330 g/mol. The Kier molecular flexibility index (Phi) is 4.98. The number of carbonyl (C=O) groups is 1. The highest BCUT2D eigenvalue weighted by Crippen LogP contribution is 2.25. The summed E-state index contributed by atoms with van der Waals surface area (Å²) in [5.41, 5.74) is 2.39. The highest BCUT2D eigenvalue weighted by atomic mass is 32.2. The molecule has 0 aliphatic carbocycles. The van der Waals surface area contributed by atoms with Gasteiger partial charge in [0.15, 0.2) is 0 Å². The minimum atomic E-state index is -0.454. The van der Waals surface area contributed by atoms with Gasteiger partial charge in [0.05, 0.1) is 5.56 Å². The van der Waals surface area contributed by atoms with E-state index in [9.17, 15) is 9.18 Å². The predicted molar refractivity (Wildman–Crippen MR) is 92.4 cm³/mol. The van der Waals surface area contributed by atoms with Crippen LogP contribution in [0.1, 0.15) is 28.8 Å². The van der Waals surface area contributed by atoms with Crippen molar-refractivity contribution in [3.8, 4) is 11.1 Å². The fraction of sp³-hybridized carbons (Fsp3) is 0.278. The zero-order valence-electron chi connectivity index (χ0n) is 13.0. The number of nitrogens with one attached hydrogen (secondary N) is 1. The zero-order valence-corrected chi connectivity index (χ0v) is 13.8. The minimum Gasteiger partial charge on any atom is -0.283 e. The molecular formula is C18H19FN2OS. The lowest BCUT2D eigenvalue weighted by atomic mass is 9.99. The van der Waals surface area contributed by atoms with E-state index in [0.29, 0.717) is 5.56 Å². The number of rotatable bonds is 4. The minimum absolute atomic E-state index is 0.0931. The Morgan fingerprint density at radius 1 is 1.13 bits per heavy atom. The first kappa shape index (κ1) is 16.0. The molecule has 2 aromatic carbocycles. The third-order valence-electron chi connectivity index (χ3n) is 3.94. The topological polar surface area (TPSA) is 32.3 Å². The molecule has 1 aliphatic heterocycles. The van der Waals surface area contributed by atoms with Crippen molar-refractivity contribution in [1.82, 2.24) is 9.03 Å². The van der Waals surface area contributed by atoms with E-state index in [4.69, 9.17) is 0 Å². The Morgan fingerprint density at radius 3 is 2.52 bits per heavy atom. The highest BCUT2D eigenvalue weighted by Gasteiger charge is 2.18. The molecule has 3 nitrogen and oxygen atoms in total. The third-order valence-corrected chi connectivity index (χ3v) is 4.84. The van der Waals surface area contributed by atoms with Gasteiger partial charge in [0.2, 0.25) is 0 Å². The molecule has 1 N–H and O–H groups in total. The number of hydrogen-bond acceptors (Lipinski definition) is 3. The molecule has 0 radical (unpaired) electrons. The summed E-state index contributed by atoms with van der Waals surface area (Å²) in [4.78, 5) is 12.4. The van der Waals surface area contributed by atoms with Gasteiger partial charge >= 0.3 is 0 Å². The van der Waals surface area contributed by atoms with Crippen LogP contribution >= 0.6 is 12.1 Å². The van der Waals surface area contributed by atoms with Gasteiger partial charge in [0, 0.05) is 25.2 Å². The number of amides is 1. The van der Waals surface area contributed by atoms with Crippen molar-refractivity contribution < 1.29 is 9.18 Å². The first-order valence-electron chi connectivity index (χ1n) is 7.73. The van der Waals surface area contributed by atoms with Crippen molar-refractivity contribution in [3.63, 3.8) is 0 Å². The molecule has 3 rings (SSSR count). The Bertz CT molecular complexity index is 700. The van der Waals surface area contributed by atoms with Gasteiger partial charge in [-0.1, -0.05) is 30.3 Å². The summed E-state index contributed by atoms with van der Waals surface area (Å²) in [7, 11) is 0. The molecule has 0 aromatic heterocycles. The van der Waals surface area contributed by atoms with Crippen LogP contribution < -0.4 is 4.72 Å². The van der Waals surface area contributed by atoms with Gasteiger partial charge in [-0.3, -0.25) is 9.52 Å². The van der Waals surface area contributed by atoms with E-state index in [1.807, 2.05) is 30.3 Å². The molecule has 1 fully saturated rings. The molecule has 2 aromatic rings. The largest absolute Gasteiger partial charge is 0.283 e. The summed E-state index contributed by atoms with van der Waals surface area (Å²) >= 11 is 1.27. The quantitative estimate of drug-likeness (QED) is 0.853. The van der Waals surface area contributed by atoms with Crippen molar-refractivity contribution in [3.05, 3.63) is 59.4 Å². The van der Waals surface area contributed by atoms with E-state index in [1.165, 1.54) is 12.1 Å². The van der Waals surface area contributed by atoms with Crippen LogP contribution in [-0.2, 0) is 0 Å². The van der Waals surface area contributed by atoms with Gasteiger partial charge < -0.3 is 0 Å². The Labute approximate surface area is 140 Å². The van der Waals surface area contributed by atoms with Crippen LogP contribution in [0.3, 0.4) is 0 Å². The molecule has 23 heavy (non-hydrogen) atoms. The smallest absolute Gasteiger partial charge is 0.265 e. The second kappa shape index (κ2) is 7.15. The normalized spacial score (nSPS) is 14.9. The van der Waals surface area contributed by atoms with Crippen molar-refractivity contribution in [1.29, 1.82) is 0 Å². The van der Waals surface area contributed by atoms with E-state index in [2.05, 4.69) is 9.03 Å². The summed E-state index contributed by atoms with van der Waals surface area (Å²) in [5.74, 6) is -0.843. The van der Waals surface area contributed by atoms with E-state index < -0.39 is 5.82 Å². The second-order valence-corrected chi connectivity index (χ2v) is 6.58. The van der Waals surface area contributed by atoms with Gasteiger partial charge in [0.1, 0.15) is 5.82 Å². The number of hydrogen-bond donors (Lipinski definition) is 1. The van der Waals surface area contributed by atoms with Crippen molar-refractivity contribution >= 4 is 18.0 Å². The molecule has 1 amide bonds. The maximum Gasteiger partial charge on any atom is 0.265 e. The standard InChI is InChI=1S/C18H19FN2OS/c1-13-11-15(14-7-3-2-4-8-14)12-16(17(13)19)18(22)20-23-21-9-5-6-10-21/h2-4,7-8,11-12H,5-6,9-10H2,1H3,(H,20,22). The van der Waals surface area contributed by atoms with Crippen LogP contribution in [-0.4, -0.2) is 23.3 Å². The molecule has 0 saturated carbocycles. The molecule has 1 aliphatic rings. The van der Waals surface area contributed by atoms with Crippen LogP contribution in [0.5, 0.6) is 0 Å². The van der Waals surface area contributed by atoms with Crippen LogP contribution in [0.4, 0.5) is 4.39 Å². The molecule has 5 heteroatoms. The van der Waals surface area contributed by atoms with Crippen LogP contribution in [0.15, 0.2) is 42.5 Å². The average Bonchev–Trinajstić information content (AvgIpc) is 3.09. The number of halogens is 1. The highest BCUT2D eigenvalue weighted by molar-refractivity contribution is 7.95. The molecule has 0 spiro atoms. The second-order valence-electron chi connectivity index (χ2n) is 5.68. The van der Waals surface area contributed by atoms with Crippen molar-refractivity contribution in [2.24, 2.45) is 0 Å². The maximum absolute atomic E-state index is 14.4. The van der Waals surface area contributed by atoms with Gasteiger partial charge in [-0.25, -0.2) is 8.70 Å². The van der Waals surface area contributed by atoms with Gasteiger partial charge in [0.25, 0.3) is 5.91 Å². The summed E-state index contributed by atoms with van der Waals surface area (Å²) in [6.45, 7) is 3.60. The summed E-state index contributed by atoms with van der Waals surface area (Å²) in [6, 6.07) is 13.1. The van der Waals surface area contributed by atoms with E-state index in [-0.39, 0.29) is 11.5 Å². The molecular weight excluding hydrogens is 311 g/mol. The molecule has 120 valence electrons. The lowest BCUT2D eigenvalue weighted by molar-refractivity contribution is 0.0979. The van der Waals surface area contributed by atoms with E-state index >= 15 is 0 Å². The summed E-state index contributed by atoms with van der Waals surface area (Å²) in [5, 5.41) is 0. The van der Waals surface area contributed by atoms with Gasteiger partial charge in [-0.2, -0.15) is 0 Å². The molecule has 1 saturated heterocycles. The predicted octanol–water partition coefficient (Wildman–Crippen LogP) is 4.19. The molecule has 0 atom stereocenters. The Morgan fingerprint density at radius 2 is 1.83 bits per heavy atom. The third kappa shape index (κ3) is 3.74. The molecule has 1 heterocycles. The lowest BCUT2D eigenvalue weighted by Crippen LogP contribution is -2.24. The first-order chi connectivity index (χ1) is 11.1. The van der Waals surface area contributed by atoms with E-state index in [0.717, 1.165) is 37.1 Å². The van der Waals surface area contributed by atoms with Crippen LogP contribution in [0, 0.1) is 12.7 Å². The molecule has 0 unspecified atom stereocenters. The average molecular weight is 330 g/mol. The first-order valence-corrected chi connectivity index (χ1v) is 8.50. The number of carbonyl (C=O) groups excluding carboxylic acids is 1. The van der Waals surface area contributed by atoms with Gasteiger partial charge in [-0.15, -0.1) is 0 Å². The zero-order chi connectivity index (χ0) is 16.2. The fourth-order valence-corrected chi connectivity index (χ4v) is 3.44. The SMILES string of the molecule is Cc1cc(-c2ccccc2)cc(C(=O)NSN2CCCC2)c1F. The van der Waals surface area contributed by atoms with Gasteiger partial charge in [-0.05, 0) is 48.6 Å². The van der Waals surface area contributed by atoms with Crippen LogP contribution in [0.2, 0.25) is 0 Å².